The summed E-state index contributed by atoms with van der Waals surface area (Å²) in [7, 11) is 3.87. The van der Waals surface area contributed by atoms with Gasteiger partial charge in [0.05, 0.1) is 11.2 Å². The molecule has 202 valence electrons. The molecule has 0 atom stereocenters. The van der Waals surface area contributed by atoms with Crippen molar-refractivity contribution in [3.05, 3.63) is 78.5 Å². The van der Waals surface area contributed by atoms with Crippen molar-refractivity contribution in [1.29, 1.82) is 0 Å². The minimum absolute atomic E-state index is 0.119. The molecule has 40 heavy (non-hydrogen) atoms. The zero-order valence-electron chi connectivity index (χ0n) is 21.5. The number of aromatic nitrogens is 6. The third-order valence-corrected chi connectivity index (χ3v) is 6.33. The van der Waals surface area contributed by atoms with Crippen molar-refractivity contribution in [2.24, 2.45) is 0 Å². The molecule has 1 N–H and O–H groups in total. The molecule has 1 saturated heterocycles. The zero-order valence-corrected chi connectivity index (χ0v) is 21.5. The Bertz CT molecular complexity index is 1790. The van der Waals surface area contributed by atoms with Crippen LogP contribution in [0.5, 0.6) is 11.5 Å². The molecule has 5 aromatic rings. The number of hydrogen-bond acceptors (Lipinski definition) is 9. The van der Waals surface area contributed by atoms with E-state index in [2.05, 4.69) is 30.4 Å². The van der Waals surface area contributed by atoms with Gasteiger partial charge in [0.25, 0.3) is 5.91 Å². The second-order valence-electron chi connectivity index (χ2n) is 9.37. The molecule has 1 fully saturated rings. The standard InChI is InChI=1S/C27H23F2N9O2/c1-36(2)8-5-16-6-9-37(27(16)39)23-4-3-20-25(35-23)26(32-14-30-20)34-21-12-19(29)22(13-18(21)28)40-17-7-10-38-24(11-17)31-15-33-38/h3-5,7,10-15H,6,8-9H2,1-2H3,(H,30,32,34)/b16-5+. The lowest BCUT2D eigenvalue weighted by Crippen LogP contribution is -2.25. The summed E-state index contributed by atoms with van der Waals surface area (Å²) in [6.45, 7) is 1.14. The number of carbonyl (C=O) groups excluding carboxylic acids is 1. The smallest absolute Gasteiger partial charge is 0.255 e. The number of amides is 1. The zero-order chi connectivity index (χ0) is 27.8. The molecular weight excluding hydrogens is 520 g/mol. The Balaban J connectivity index is 1.26. The van der Waals surface area contributed by atoms with Crippen molar-refractivity contribution in [3.8, 4) is 11.5 Å². The molecule has 1 amide bonds. The number of halogens is 2. The average Bonchev–Trinajstić information content (AvgIpc) is 3.56. The third kappa shape index (κ3) is 4.89. The Kier molecular flexibility index (Phi) is 6.48. The normalized spacial score (nSPS) is 14.7. The van der Waals surface area contributed by atoms with Crippen LogP contribution in [0.4, 0.5) is 26.1 Å². The molecule has 0 saturated carbocycles. The fraction of sp³-hybridized carbons (Fsp3) is 0.185. The van der Waals surface area contributed by atoms with Gasteiger partial charge in [0.2, 0.25) is 0 Å². The van der Waals surface area contributed by atoms with Crippen molar-refractivity contribution >= 4 is 39.9 Å². The lowest BCUT2D eigenvalue weighted by atomic mass is 10.2. The minimum Gasteiger partial charge on any atom is -0.454 e. The van der Waals surface area contributed by atoms with Crippen molar-refractivity contribution < 1.29 is 18.3 Å². The van der Waals surface area contributed by atoms with Crippen molar-refractivity contribution in [3.63, 3.8) is 0 Å². The van der Waals surface area contributed by atoms with Crippen LogP contribution in [0.1, 0.15) is 6.42 Å². The number of nitrogens with zero attached hydrogens (tertiary/aromatic N) is 8. The Labute approximate surface area is 226 Å². The van der Waals surface area contributed by atoms with Gasteiger partial charge in [-0.1, -0.05) is 6.08 Å². The monoisotopic (exact) mass is 543 g/mol. The fourth-order valence-corrected chi connectivity index (χ4v) is 4.30. The highest BCUT2D eigenvalue weighted by molar-refractivity contribution is 6.08. The maximum atomic E-state index is 15.1. The van der Waals surface area contributed by atoms with Crippen LogP contribution in [0.2, 0.25) is 0 Å². The van der Waals surface area contributed by atoms with E-state index in [4.69, 9.17) is 4.74 Å². The van der Waals surface area contributed by atoms with Crippen LogP contribution < -0.4 is 15.0 Å². The molecule has 6 rings (SSSR count). The number of rotatable bonds is 7. The summed E-state index contributed by atoms with van der Waals surface area (Å²) in [5, 5.41) is 6.80. The first-order valence-electron chi connectivity index (χ1n) is 12.4. The highest BCUT2D eigenvalue weighted by Crippen LogP contribution is 2.32. The van der Waals surface area contributed by atoms with E-state index in [1.54, 1.807) is 35.4 Å². The number of likely N-dealkylation sites (N-methyl/N-ethyl adjacent to an activating group) is 1. The van der Waals surface area contributed by atoms with Crippen molar-refractivity contribution in [1.82, 2.24) is 34.4 Å². The van der Waals surface area contributed by atoms with E-state index in [1.807, 2.05) is 25.1 Å². The molecule has 0 aliphatic carbocycles. The molecule has 5 heterocycles. The summed E-state index contributed by atoms with van der Waals surface area (Å²) in [5.74, 6) is -1.13. The van der Waals surface area contributed by atoms with Crippen molar-refractivity contribution in [2.45, 2.75) is 6.42 Å². The van der Waals surface area contributed by atoms with Gasteiger partial charge in [-0.05, 0) is 38.7 Å². The predicted molar refractivity (Wildman–Crippen MR) is 144 cm³/mol. The van der Waals surface area contributed by atoms with E-state index in [0.717, 1.165) is 17.7 Å². The van der Waals surface area contributed by atoms with E-state index >= 15 is 4.39 Å². The van der Waals surface area contributed by atoms with Gasteiger partial charge in [0, 0.05) is 43.1 Å². The number of carbonyl (C=O) groups is 1. The molecule has 0 unspecified atom stereocenters. The molecule has 1 aromatic carbocycles. The van der Waals surface area contributed by atoms with Gasteiger partial charge >= 0.3 is 0 Å². The van der Waals surface area contributed by atoms with Gasteiger partial charge in [-0.25, -0.2) is 33.2 Å². The lowest BCUT2D eigenvalue weighted by Gasteiger charge is -2.16. The number of pyridine rings is 2. The fourth-order valence-electron chi connectivity index (χ4n) is 4.30. The molecule has 4 aromatic heterocycles. The second kappa shape index (κ2) is 10.3. The van der Waals surface area contributed by atoms with Gasteiger partial charge in [-0.15, -0.1) is 0 Å². The Morgan fingerprint density at radius 2 is 1.95 bits per heavy atom. The summed E-state index contributed by atoms with van der Waals surface area (Å²) in [6.07, 6.45) is 6.78. The largest absolute Gasteiger partial charge is 0.454 e. The molecule has 0 bridgehead atoms. The minimum atomic E-state index is -0.794. The topological polar surface area (TPSA) is 114 Å². The number of hydrogen-bond donors (Lipinski definition) is 1. The Morgan fingerprint density at radius 1 is 1.07 bits per heavy atom. The second-order valence-corrected chi connectivity index (χ2v) is 9.37. The number of fused-ring (bicyclic) bond motifs is 2. The summed E-state index contributed by atoms with van der Waals surface area (Å²) in [6, 6.07) is 8.45. The van der Waals surface area contributed by atoms with Crippen LogP contribution in [0.25, 0.3) is 16.7 Å². The van der Waals surface area contributed by atoms with Crippen LogP contribution in [0, 0.1) is 11.6 Å². The first-order valence-corrected chi connectivity index (χ1v) is 12.4. The number of ether oxygens (including phenoxy) is 1. The molecule has 1 aliphatic heterocycles. The molecular formula is C27H23F2N9O2. The lowest BCUT2D eigenvalue weighted by molar-refractivity contribution is -0.114. The molecule has 0 radical (unpaired) electrons. The molecule has 0 spiro atoms. The van der Waals surface area contributed by atoms with Crippen LogP contribution >= 0.6 is 0 Å². The number of anilines is 3. The quantitative estimate of drug-likeness (QED) is 0.303. The number of nitrogens with one attached hydrogen (secondary N) is 1. The summed E-state index contributed by atoms with van der Waals surface area (Å²) in [5.41, 5.74) is 1.83. The Hall–Kier alpha value is -5.04. The van der Waals surface area contributed by atoms with E-state index < -0.39 is 11.6 Å². The van der Waals surface area contributed by atoms with Gasteiger partial charge in [0.1, 0.15) is 29.7 Å². The van der Waals surface area contributed by atoms with Crippen LogP contribution in [0.15, 0.2) is 66.9 Å². The van der Waals surface area contributed by atoms with Gasteiger partial charge in [-0.3, -0.25) is 9.69 Å². The number of benzene rings is 1. The van der Waals surface area contributed by atoms with Crippen LogP contribution in [-0.2, 0) is 4.79 Å². The first-order chi connectivity index (χ1) is 19.4. The molecule has 11 nitrogen and oxygen atoms in total. The van der Waals surface area contributed by atoms with E-state index in [1.165, 1.54) is 17.2 Å². The molecule has 13 heteroatoms. The van der Waals surface area contributed by atoms with E-state index in [0.29, 0.717) is 42.0 Å². The van der Waals surface area contributed by atoms with Gasteiger partial charge in [-0.2, -0.15) is 5.10 Å². The maximum absolute atomic E-state index is 15.1. The van der Waals surface area contributed by atoms with Gasteiger partial charge < -0.3 is 15.0 Å². The van der Waals surface area contributed by atoms with Crippen molar-refractivity contribution in [2.75, 3.05) is 37.4 Å². The summed E-state index contributed by atoms with van der Waals surface area (Å²) >= 11 is 0. The third-order valence-electron chi connectivity index (χ3n) is 6.33. The average molecular weight is 544 g/mol. The highest BCUT2D eigenvalue weighted by atomic mass is 19.1. The highest BCUT2D eigenvalue weighted by Gasteiger charge is 2.28. The van der Waals surface area contributed by atoms with Crippen LogP contribution in [-0.4, -0.2) is 67.5 Å². The Morgan fingerprint density at radius 3 is 2.80 bits per heavy atom. The first kappa shape index (κ1) is 25.2. The SMILES string of the molecule is CN(C)C/C=C1\CCN(c2ccc3ncnc(Nc4cc(F)c(Oc5ccn6ncnc6c5)cc4F)c3n2)C1=O. The van der Waals surface area contributed by atoms with E-state index in [-0.39, 0.29) is 28.9 Å². The van der Waals surface area contributed by atoms with Crippen LogP contribution in [0.3, 0.4) is 0 Å². The van der Waals surface area contributed by atoms with Gasteiger partial charge in [0.15, 0.2) is 28.8 Å². The predicted octanol–water partition coefficient (Wildman–Crippen LogP) is 4.11. The maximum Gasteiger partial charge on any atom is 0.255 e. The van der Waals surface area contributed by atoms with E-state index in [9.17, 15) is 9.18 Å². The molecule has 1 aliphatic rings. The summed E-state index contributed by atoms with van der Waals surface area (Å²) < 4.78 is 37.2. The summed E-state index contributed by atoms with van der Waals surface area (Å²) in [4.78, 5) is 33.6.